The van der Waals surface area contributed by atoms with E-state index in [0.717, 1.165) is 54.9 Å². The van der Waals surface area contributed by atoms with E-state index < -0.39 is 0 Å². The summed E-state index contributed by atoms with van der Waals surface area (Å²) in [5, 5.41) is 7.61. The van der Waals surface area contributed by atoms with Crippen LogP contribution in [0.2, 0.25) is 0 Å². The molecule has 0 spiro atoms. The molecule has 0 saturated carbocycles. The third kappa shape index (κ3) is 2.65. The Kier molecular flexibility index (Phi) is 4.00. The van der Waals surface area contributed by atoms with E-state index in [4.69, 9.17) is 0 Å². The molecule has 0 aliphatic heterocycles. The van der Waals surface area contributed by atoms with E-state index in [2.05, 4.69) is 20.4 Å². The first-order valence-electron chi connectivity index (χ1n) is 7.97. The molecule has 1 amide bonds. The number of hydrogen-bond donors (Lipinski definition) is 2. The van der Waals surface area contributed by atoms with Crippen LogP contribution in [0.3, 0.4) is 0 Å². The van der Waals surface area contributed by atoms with Gasteiger partial charge in [-0.05, 0) is 39.0 Å². The van der Waals surface area contributed by atoms with Crippen molar-refractivity contribution in [3.63, 3.8) is 0 Å². The maximum Gasteiger partial charge on any atom is 0.270 e. The lowest BCUT2D eigenvalue weighted by molar-refractivity contribution is 0.0923. The number of rotatable bonds is 4. The Morgan fingerprint density at radius 3 is 2.91 bits per heavy atom. The van der Waals surface area contributed by atoms with Crippen LogP contribution in [0, 0.1) is 6.92 Å². The van der Waals surface area contributed by atoms with E-state index in [9.17, 15) is 4.79 Å². The van der Waals surface area contributed by atoms with Crippen LogP contribution >= 0.6 is 0 Å². The zero-order valence-electron chi connectivity index (χ0n) is 13.4. The molecule has 0 unspecified atom stereocenters. The van der Waals surface area contributed by atoms with Gasteiger partial charge < -0.3 is 10.3 Å². The molecule has 1 aliphatic rings. The number of amides is 1. The molecule has 0 bridgehead atoms. The Bertz CT molecular complexity index is 685. The quantitative estimate of drug-likeness (QED) is 0.909. The van der Waals surface area contributed by atoms with Gasteiger partial charge in [0.15, 0.2) is 0 Å². The molecule has 2 N–H and O–H groups in total. The van der Waals surface area contributed by atoms with Gasteiger partial charge in [0.1, 0.15) is 11.5 Å². The number of aryl methyl sites for hydroxylation is 3. The number of aromatic amines is 1. The highest BCUT2D eigenvalue weighted by Crippen LogP contribution is 2.24. The number of aromatic nitrogens is 4. The van der Waals surface area contributed by atoms with E-state index in [1.807, 2.05) is 20.9 Å². The van der Waals surface area contributed by atoms with Crippen LogP contribution in [0.25, 0.3) is 0 Å². The van der Waals surface area contributed by atoms with Crippen molar-refractivity contribution in [2.24, 2.45) is 7.05 Å². The maximum atomic E-state index is 12.7. The molecule has 0 fully saturated rings. The van der Waals surface area contributed by atoms with Crippen molar-refractivity contribution in [1.82, 2.24) is 25.1 Å². The normalized spacial score (nSPS) is 15.4. The van der Waals surface area contributed by atoms with E-state index in [-0.39, 0.29) is 11.9 Å². The lowest BCUT2D eigenvalue weighted by Crippen LogP contribution is -2.31. The van der Waals surface area contributed by atoms with Gasteiger partial charge in [-0.25, -0.2) is 4.98 Å². The summed E-state index contributed by atoms with van der Waals surface area (Å²) >= 11 is 0. The Hall–Kier alpha value is -2.11. The maximum absolute atomic E-state index is 12.7. The second kappa shape index (κ2) is 5.94. The highest BCUT2D eigenvalue weighted by atomic mass is 16.2. The largest absolute Gasteiger partial charge is 0.344 e. The van der Waals surface area contributed by atoms with E-state index in [1.165, 1.54) is 0 Å². The SMILES string of the molecule is CC[C@@H](NC(=O)c1c2c(nn1C)CCCC2)c1ncc(C)[nH]1. The summed E-state index contributed by atoms with van der Waals surface area (Å²) in [7, 11) is 1.85. The predicted molar refractivity (Wildman–Crippen MR) is 83.7 cm³/mol. The molecule has 22 heavy (non-hydrogen) atoms. The summed E-state index contributed by atoms with van der Waals surface area (Å²) in [5.74, 6) is 0.753. The van der Waals surface area contributed by atoms with Gasteiger partial charge in [0, 0.05) is 24.5 Å². The Balaban J connectivity index is 1.83. The number of nitrogens with one attached hydrogen (secondary N) is 2. The summed E-state index contributed by atoms with van der Waals surface area (Å²) in [5.41, 5.74) is 3.91. The molecule has 0 aromatic carbocycles. The third-order valence-corrected chi connectivity index (χ3v) is 4.30. The summed E-state index contributed by atoms with van der Waals surface area (Å²) in [6.45, 7) is 4.00. The molecule has 2 heterocycles. The zero-order valence-corrected chi connectivity index (χ0v) is 13.4. The number of H-pyrrole nitrogens is 1. The average Bonchev–Trinajstić information content (AvgIpc) is 3.07. The molecule has 0 saturated heterocycles. The minimum atomic E-state index is -0.102. The lowest BCUT2D eigenvalue weighted by Gasteiger charge is -2.16. The number of imidazole rings is 1. The topological polar surface area (TPSA) is 75.6 Å². The van der Waals surface area contributed by atoms with Gasteiger partial charge in [-0.1, -0.05) is 6.92 Å². The Labute approximate surface area is 130 Å². The molecular formula is C16H23N5O. The number of fused-ring (bicyclic) bond motifs is 1. The summed E-state index contributed by atoms with van der Waals surface area (Å²) < 4.78 is 1.73. The van der Waals surface area contributed by atoms with E-state index in [1.54, 1.807) is 10.9 Å². The zero-order chi connectivity index (χ0) is 15.7. The summed E-state index contributed by atoms with van der Waals surface area (Å²) in [6, 6.07) is -0.102. The number of carbonyl (C=O) groups is 1. The predicted octanol–water partition coefficient (Wildman–Crippen LogP) is 2.21. The molecule has 2 aromatic heterocycles. The molecule has 2 aromatic rings. The van der Waals surface area contributed by atoms with Crippen LogP contribution in [-0.2, 0) is 19.9 Å². The van der Waals surface area contributed by atoms with Gasteiger partial charge in [0.2, 0.25) is 0 Å². The van der Waals surface area contributed by atoms with Crippen LogP contribution in [0.5, 0.6) is 0 Å². The van der Waals surface area contributed by atoms with Crippen molar-refractivity contribution in [1.29, 1.82) is 0 Å². The van der Waals surface area contributed by atoms with Gasteiger partial charge >= 0.3 is 0 Å². The van der Waals surface area contributed by atoms with Crippen molar-refractivity contribution in [3.05, 3.63) is 34.7 Å². The Morgan fingerprint density at radius 1 is 1.45 bits per heavy atom. The van der Waals surface area contributed by atoms with Crippen molar-refractivity contribution < 1.29 is 4.79 Å². The Morgan fingerprint density at radius 2 is 2.23 bits per heavy atom. The third-order valence-electron chi connectivity index (χ3n) is 4.30. The molecule has 1 atom stereocenters. The van der Waals surface area contributed by atoms with Crippen LogP contribution in [0.4, 0.5) is 0 Å². The first-order chi connectivity index (χ1) is 10.6. The molecule has 0 radical (unpaired) electrons. The molecule has 3 rings (SSSR count). The fourth-order valence-corrected chi connectivity index (χ4v) is 3.17. The first kappa shape index (κ1) is 14.8. The second-order valence-corrected chi connectivity index (χ2v) is 5.99. The van der Waals surface area contributed by atoms with Gasteiger partial charge in [-0.15, -0.1) is 0 Å². The first-order valence-corrected chi connectivity index (χ1v) is 7.97. The molecule has 1 aliphatic carbocycles. The van der Waals surface area contributed by atoms with Gasteiger partial charge in [-0.3, -0.25) is 9.48 Å². The monoisotopic (exact) mass is 301 g/mol. The van der Waals surface area contributed by atoms with Crippen molar-refractivity contribution in [2.75, 3.05) is 0 Å². The number of carbonyl (C=O) groups excluding carboxylic acids is 1. The van der Waals surface area contributed by atoms with Crippen molar-refractivity contribution in [3.8, 4) is 0 Å². The average molecular weight is 301 g/mol. The van der Waals surface area contributed by atoms with Gasteiger partial charge in [-0.2, -0.15) is 5.10 Å². The minimum Gasteiger partial charge on any atom is -0.344 e. The van der Waals surface area contributed by atoms with Crippen molar-refractivity contribution in [2.45, 2.75) is 52.0 Å². The van der Waals surface area contributed by atoms with Crippen molar-refractivity contribution >= 4 is 5.91 Å². The minimum absolute atomic E-state index is 0.0564. The smallest absolute Gasteiger partial charge is 0.270 e. The van der Waals surface area contributed by atoms with Gasteiger partial charge in [0.05, 0.1) is 11.7 Å². The standard InChI is InChI=1S/C16H23N5O/c1-4-12(15-17-9-10(2)18-15)19-16(22)14-11-7-5-6-8-13(11)20-21(14)3/h9,12H,4-8H2,1-3H3,(H,17,18)(H,19,22)/t12-/m1/s1. The van der Waals surface area contributed by atoms with Crippen LogP contribution in [-0.4, -0.2) is 25.7 Å². The molecule has 118 valence electrons. The number of nitrogens with zero attached hydrogens (tertiary/aromatic N) is 3. The van der Waals surface area contributed by atoms with E-state index in [0.29, 0.717) is 5.69 Å². The lowest BCUT2D eigenvalue weighted by atomic mass is 9.95. The van der Waals surface area contributed by atoms with Crippen LogP contribution in [0.1, 0.15) is 65.5 Å². The molecule has 6 nitrogen and oxygen atoms in total. The fraction of sp³-hybridized carbons (Fsp3) is 0.562. The fourth-order valence-electron chi connectivity index (χ4n) is 3.17. The summed E-state index contributed by atoms with van der Waals surface area (Å²) in [4.78, 5) is 20.3. The highest BCUT2D eigenvalue weighted by Gasteiger charge is 2.26. The summed E-state index contributed by atoms with van der Waals surface area (Å²) in [6.07, 6.45) is 6.80. The second-order valence-electron chi connectivity index (χ2n) is 5.99. The highest BCUT2D eigenvalue weighted by molar-refractivity contribution is 5.94. The number of hydrogen-bond acceptors (Lipinski definition) is 3. The molecule has 6 heteroatoms. The molecular weight excluding hydrogens is 278 g/mol. The van der Waals surface area contributed by atoms with Gasteiger partial charge in [0.25, 0.3) is 5.91 Å². The van der Waals surface area contributed by atoms with E-state index >= 15 is 0 Å². The van der Waals surface area contributed by atoms with Crippen LogP contribution in [0.15, 0.2) is 6.20 Å². The van der Waals surface area contributed by atoms with Crippen LogP contribution < -0.4 is 5.32 Å².